The standard InChI is InChI=1S/C10H7ClFNO2/c1-6-7(5-13)3-2-4-8(6)10(11,12)9(14)15/h2-4H,1H3,(H,14,15). The largest absolute Gasteiger partial charge is 0.478 e. The lowest BCUT2D eigenvalue weighted by molar-refractivity contribution is -0.145. The molecule has 0 saturated carbocycles. The topological polar surface area (TPSA) is 61.1 Å². The molecule has 0 radical (unpaired) electrons. The predicted molar refractivity (Wildman–Crippen MR) is 52.2 cm³/mol. The number of nitriles is 1. The van der Waals surface area contributed by atoms with Crippen molar-refractivity contribution in [1.82, 2.24) is 0 Å². The van der Waals surface area contributed by atoms with Gasteiger partial charge in [0.15, 0.2) is 0 Å². The monoisotopic (exact) mass is 227 g/mol. The number of halogens is 2. The van der Waals surface area contributed by atoms with Crippen molar-refractivity contribution in [2.45, 2.75) is 12.1 Å². The summed E-state index contributed by atoms with van der Waals surface area (Å²) in [6.07, 6.45) is 0. The van der Waals surface area contributed by atoms with E-state index >= 15 is 0 Å². The van der Waals surface area contributed by atoms with Crippen molar-refractivity contribution in [3.05, 3.63) is 34.9 Å². The van der Waals surface area contributed by atoms with E-state index in [0.29, 0.717) is 0 Å². The molecule has 0 aliphatic heterocycles. The van der Waals surface area contributed by atoms with Gasteiger partial charge in [-0.25, -0.2) is 9.18 Å². The Labute approximate surface area is 90.7 Å². The van der Waals surface area contributed by atoms with Gasteiger partial charge in [-0.05, 0) is 18.6 Å². The van der Waals surface area contributed by atoms with Gasteiger partial charge in [-0.2, -0.15) is 5.26 Å². The summed E-state index contributed by atoms with van der Waals surface area (Å²) in [4.78, 5) is 10.6. The van der Waals surface area contributed by atoms with Crippen molar-refractivity contribution < 1.29 is 14.3 Å². The van der Waals surface area contributed by atoms with E-state index in [2.05, 4.69) is 0 Å². The zero-order valence-electron chi connectivity index (χ0n) is 7.79. The molecule has 0 aliphatic rings. The fourth-order valence-corrected chi connectivity index (χ4v) is 1.42. The second-order valence-corrected chi connectivity index (χ2v) is 3.49. The van der Waals surface area contributed by atoms with Crippen LogP contribution in [0.15, 0.2) is 18.2 Å². The van der Waals surface area contributed by atoms with Crippen molar-refractivity contribution >= 4 is 17.6 Å². The van der Waals surface area contributed by atoms with Crippen molar-refractivity contribution in [2.24, 2.45) is 0 Å². The Hall–Kier alpha value is -1.60. The molecule has 3 nitrogen and oxygen atoms in total. The molecular weight excluding hydrogens is 221 g/mol. The average Bonchev–Trinajstić information content (AvgIpc) is 2.17. The third kappa shape index (κ3) is 1.92. The molecule has 0 aliphatic carbocycles. The third-order valence-corrected chi connectivity index (χ3v) is 2.43. The summed E-state index contributed by atoms with van der Waals surface area (Å²) in [7, 11) is 0. The number of benzene rings is 1. The highest BCUT2D eigenvalue weighted by atomic mass is 35.5. The highest BCUT2D eigenvalue weighted by Gasteiger charge is 2.40. The van der Waals surface area contributed by atoms with Gasteiger partial charge in [0, 0.05) is 5.56 Å². The first kappa shape index (κ1) is 11.5. The summed E-state index contributed by atoms with van der Waals surface area (Å²) < 4.78 is 13.6. The van der Waals surface area contributed by atoms with E-state index in [1.165, 1.54) is 25.1 Å². The maximum absolute atomic E-state index is 13.6. The molecule has 1 unspecified atom stereocenters. The van der Waals surface area contributed by atoms with Gasteiger partial charge in [0.05, 0.1) is 11.6 Å². The number of aliphatic carboxylic acids is 1. The van der Waals surface area contributed by atoms with Crippen LogP contribution >= 0.6 is 11.6 Å². The first-order valence-corrected chi connectivity index (χ1v) is 4.40. The third-order valence-electron chi connectivity index (χ3n) is 2.06. The molecule has 1 aromatic carbocycles. The Morgan fingerprint density at radius 3 is 2.73 bits per heavy atom. The number of rotatable bonds is 2. The average molecular weight is 228 g/mol. The zero-order chi connectivity index (χ0) is 11.6. The Kier molecular flexibility index (Phi) is 2.96. The van der Waals surface area contributed by atoms with Crippen LogP contribution in [-0.2, 0) is 9.92 Å². The molecule has 0 spiro atoms. The van der Waals surface area contributed by atoms with E-state index in [1.54, 1.807) is 0 Å². The normalized spacial score (nSPS) is 14.0. The second-order valence-electron chi connectivity index (χ2n) is 2.97. The molecule has 1 rings (SSSR count). The van der Waals surface area contributed by atoms with Crippen LogP contribution in [0.25, 0.3) is 0 Å². The molecule has 78 valence electrons. The van der Waals surface area contributed by atoms with E-state index in [1.807, 2.05) is 6.07 Å². The minimum absolute atomic E-state index is 0.205. The van der Waals surface area contributed by atoms with Crippen molar-refractivity contribution in [1.29, 1.82) is 5.26 Å². The molecule has 1 atom stereocenters. The van der Waals surface area contributed by atoms with E-state index in [9.17, 15) is 9.18 Å². The van der Waals surface area contributed by atoms with Gasteiger partial charge in [0.1, 0.15) is 0 Å². The molecule has 0 aromatic heterocycles. The molecule has 5 heteroatoms. The predicted octanol–water partition coefficient (Wildman–Crippen LogP) is 2.31. The van der Waals surface area contributed by atoms with Gasteiger partial charge in [-0.1, -0.05) is 23.7 Å². The molecule has 0 fully saturated rings. The maximum atomic E-state index is 13.6. The molecule has 0 saturated heterocycles. The second kappa shape index (κ2) is 3.87. The quantitative estimate of drug-likeness (QED) is 0.789. The number of nitrogens with zero attached hydrogens (tertiary/aromatic N) is 1. The molecule has 0 heterocycles. The number of hydrogen-bond acceptors (Lipinski definition) is 2. The molecule has 0 amide bonds. The Balaban J connectivity index is 3.40. The van der Waals surface area contributed by atoms with Crippen LogP contribution in [0.2, 0.25) is 0 Å². The highest BCUT2D eigenvalue weighted by molar-refractivity contribution is 6.32. The SMILES string of the molecule is Cc1c(C#N)cccc1C(F)(Cl)C(=O)O. The van der Waals surface area contributed by atoms with Gasteiger partial charge in [-0.15, -0.1) is 0 Å². The van der Waals surface area contributed by atoms with Crippen LogP contribution < -0.4 is 0 Å². The van der Waals surface area contributed by atoms with Crippen molar-refractivity contribution in [3.8, 4) is 6.07 Å². The minimum Gasteiger partial charge on any atom is -0.478 e. The lowest BCUT2D eigenvalue weighted by Gasteiger charge is -2.15. The van der Waals surface area contributed by atoms with Gasteiger partial charge in [-0.3, -0.25) is 0 Å². The van der Waals surface area contributed by atoms with Crippen LogP contribution in [0.1, 0.15) is 16.7 Å². The van der Waals surface area contributed by atoms with Crippen LogP contribution in [-0.4, -0.2) is 11.1 Å². The summed E-state index contributed by atoms with van der Waals surface area (Å²) in [5.74, 6) is -1.79. The first-order valence-electron chi connectivity index (χ1n) is 4.02. The van der Waals surface area contributed by atoms with Gasteiger partial charge in [0.2, 0.25) is 0 Å². The summed E-state index contributed by atoms with van der Waals surface area (Å²) in [5, 5.41) is 14.3. The van der Waals surface area contributed by atoms with Crippen LogP contribution in [0.4, 0.5) is 4.39 Å². The summed E-state index contributed by atoms with van der Waals surface area (Å²) in [6.45, 7) is 1.45. The number of carboxylic acids is 1. The maximum Gasteiger partial charge on any atom is 0.362 e. The Morgan fingerprint density at radius 1 is 1.67 bits per heavy atom. The molecular formula is C10H7ClFNO2. The highest BCUT2D eigenvalue weighted by Crippen LogP contribution is 2.34. The first-order chi connectivity index (χ1) is 6.91. The van der Waals surface area contributed by atoms with Crippen LogP contribution in [0.3, 0.4) is 0 Å². The molecule has 15 heavy (non-hydrogen) atoms. The van der Waals surface area contributed by atoms with Gasteiger partial charge < -0.3 is 5.11 Å². The number of hydrogen-bond donors (Lipinski definition) is 1. The fraction of sp³-hybridized carbons (Fsp3) is 0.200. The molecule has 1 aromatic rings. The lowest BCUT2D eigenvalue weighted by Crippen LogP contribution is -2.25. The summed E-state index contributed by atoms with van der Waals surface area (Å²) in [5.41, 5.74) is 0.229. The lowest BCUT2D eigenvalue weighted by atomic mass is 9.99. The van der Waals surface area contributed by atoms with Gasteiger partial charge in [0.25, 0.3) is 0 Å². The van der Waals surface area contributed by atoms with E-state index in [4.69, 9.17) is 22.0 Å². The summed E-state index contributed by atoms with van der Waals surface area (Å²) >= 11 is 5.26. The van der Waals surface area contributed by atoms with Crippen LogP contribution in [0.5, 0.6) is 0 Å². The zero-order valence-corrected chi connectivity index (χ0v) is 8.55. The fourth-order valence-electron chi connectivity index (χ4n) is 1.21. The number of carboxylic acid groups (broad SMARTS) is 1. The number of carbonyl (C=O) groups is 1. The van der Waals surface area contributed by atoms with Crippen molar-refractivity contribution in [2.75, 3.05) is 0 Å². The minimum atomic E-state index is -2.99. The smallest absolute Gasteiger partial charge is 0.362 e. The summed E-state index contributed by atoms with van der Waals surface area (Å²) in [6, 6.07) is 5.93. The molecule has 1 N–H and O–H groups in total. The Bertz CT molecular complexity index is 451. The van der Waals surface area contributed by atoms with E-state index in [-0.39, 0.29) is 16.7 Å². The van der Waals surface area contributed by atoms with Crippen molar-refractivity contribution in [3.63, 3.8) is 0 Å². The number of alkyl halides is 2. The van der Waals surface area contributed by atoms with E-state index in [0.717, 1.165) is 0 Å². The van der Waals surface area contributed by atoms with E-state index < -0.39 is 11.1 Å². The Morgan fingerprint density at radius 2 is 2.27 bits per heavy atom. The molecule has 0 bridgehead atoms. The van der Waals surface area contributed by atoms with Crippen LogP contribution in [0, 0.1) is 18.3 Å². The van der Waals surface area contributed by atoms with Gasteiger partial charge >= 0.3 is 11.1 Å².